The number of nitrogen functional groups attached to an aromatic ring is 1. The third-order valence-electron chi connectivity index (χ3n) is 8.48. The topological polar surface area (TPSA) is 115 Å². The van der Waals surface area contributed by atoms with E-state index in [0.29, 0.717) is 28.7 Å². The van der Waals surface area contributed by atoms with Gasteiger partial charge in [0.2, 0.25) is 0 Å². The number of para-hydroxylation sites is 1. The number of benzene rings is 2. The van der Waals surface area contributed by atoms with Crippen molar-refractivity contribution in [1.29, 1.82) is 5.41 Å². The molecule has 3 aliphatic heterocycles. The van der Waals surface area contributed by atoms with Gasteiger partial charge in [0.15, 0.2) is 11.6 Å². The number of ether oxygens (including phenoxy) is 1. The summed E-state index contributed by atoms with van der Waals surface area (Å²) in [7, 11) is 0. The third-order valence-corrected chi connectivity index (χ3v) is 8.48. The number of nitrogens with zero attached hydrogens (tertiary/aromatic N) is 4. The lowest BCUT2D eigenvalue weighted by molar-refractivity contribution is 0.0558. The number of nitrogens with one attached hydrogen (secondary N) is 3. The molecule has 4 heterocycles. The highest BCUT2D eigenvalue weighted by molar-refractivity contribution is 6.16. The van der Waals surface area contributed by atoms with Crippen molar-refractivity contribution in [2.45, 2.75) is 43.8 Å². The van der Waals surface area contributed by atoms with Gasteiger partial charge >= 0.3 is 0 Å². The summed E-state index contributed by atoms with van der Waals surface area (Å²) in [6.07, 6.45) is 5.87. The Morgan fingerprint density at radius 3 is 2.33 bits per heavy atom. The van der Waals surface area contributed by atoms with Crippen molar-refractivity contribution in [3.63, 3.8) is 0 Å². The smallest absolute Gasteiger partial charge is 0.166 e. The minimum absolute atomic E-state index is 0.0663. The second-order valence-corrected chi connectivity index (χ2v) is 11.0. The summed E-state index contributed by atoms with van der Waals surface area (Å²) in [5.74, 6) is 0.787. The van der Waals surface area contributed by atoms with Crippen molar-refractivity contribution in [2.24, 2.45) is 0 Å². The predicted octanol–water partition coefficient (Wildman–Crippen LogP) is 3.72. The molecule has 0 atom stereocenters. The zero-order valence-electron chi connectivity index (χ0n) is 22.7. The van der Waals surface area contributed by atoms with E-state index in [1.54, 1.807) is 18.2 Å². The molecule has 0 radical (unpaired) electrons. The van der Waals surface area contributed by atoms with Gasteiger partial charge in [-0.25, -0.2) is 14.4 Å². The Hall–Kier alpha value is -3.60. The van der Waals surface area contributed by atoms with Crippen LogP contribution in [0.15, 0.2) is 54.9 Å². The number of halogens is 1. The highest BCUT2D eigenvalue weighted by Gasteiger charge is 2.32. The second kappa shape index (κ2) is 11.9. The Morgan fingerprint density at radius 2 is 1.65 bits per heavy atom. The first-order valence-electron chi connectivity index (χ1n) is 14.2. The first-order valence-corrected chi connectivity index (χ1v) is 14.2. The van der Waals surface area contributed by atoms with E-state index in [2.05, 4.69) is 30.4 Å². The van der Waals surface area contributed by atoms with E-state index in [4.69, 9.17) is 15.9 Å². The number of hydrogen-bond donors (Lipinski definition) is 4. The average Bonchev–Trinajstić information content (AvgIpc) is 2.94. The first-order chi connectivity index (χ1) is 19.5. The van der Waals surface area contributed by atoms with Crippen LogP contribution in [0, 0.1) is 11.2 Å². The van der Waals surface area contributed by atoms with E-state index in [1.165, 1.54) is 44.4 Å². The predicted molar refractivity (Wildman–Crippen MR) is 155 cm³/mol. The molecule has 3 aliphatic rings. The maximum atomic E-state index is 14.9. The fourth-order valence-electron chi connectivity index (χ4n) is 6.00. The van der Waals surface area contributed by atoms with Gasteiger partial charge in [-0.3, -0.25) is 10.3 Å². The van der Waals surface area contributed by atoms with Crippen molar-refractivity contribution in [3.8, 4) is 11.5 Å². The van der Waals surface area contributed by atoms with Gasteiger partial charge in [0.25, 0.3) is 0 Å². The summed E-state index contributed by atoms with van der Waals surface area (Å²) in [5.41, 5.74) is 7.06. The lowest BCUT2D eigenvalue weighted by atomic mass is 9.96. The molecule has 0 saturated carbocycles. The maximum absolute atomic E-state index is 14.9. The lowest BCUT2D eigenvalue weighted by Gasteiger charge is -2.46. The molecular weight excluding hydrogens is 507 g/mol. The Morgan fingerprint density at radius 1 is 0.950 bits per heavy atom. The molecule has 2 aromatic carbocycles. The molecule has 10 heteroatoms. The van der Waals surface area contributed by atoms with Gasteiger partial charge in [-0.1, -0.05) is 18.2 Å². The fourth-order valence-corrected chi connectivity index (χ4v) is 6.00. The van der Waals surface area contributed by atoms with Gasteiger partial charge in [-0.15, -0.1) is 0 Å². The molecule has 0 spiro atoms. The van der Waals surface area contributed by atoms with Crippen LogP contribution >= 0.6 is 0 Å². The van der Waals surface area contributed by atoms with Gasteiger partial charge in [-0.05, 0) is 56.0 Å². The summed E-state index contributed by atoms with van der Waals surface area (Å²) >= 11 is 0. The zero-order chi connectivity index (χ0) is 27.5. The summed E-state index contributed by atoms with van der Waals surface area (Å²) < 4.78 is 20.6. The molecule has 210 valence electrons. The van der Waals surface area contributed by atoms with Gasteiger partial charge in [0, 0.05) is 63.0 Å². The summed E-state index contributed by atoms with van der Waals surface area (Å²) in [6, 6.07) is 15.1. The highest BCUT2D eigenvalue weighted by atomic mass is 19.1. The standard InChI is InChI=1S/C30H37FN8O/c31-25-16-20(6-7-26(25)40-24-4-2-1-3-5-24)28(32)27-29(33)35-19-36-30(27)37-21-8-12-38(13-9-21)22-10-14-39(15-11-22)23-17-34-18-23/h1-7,16,19,21-23,32,34H,8-15,17-18H2,(H3,33,35,36,37). The molecule has 3 saturated heterocycles. The van der Waals surface area contributed by atoms with Crippen LogP contribution in [0.1, 0.15) is 36.8 Å². The molecule has 3 fully saturated rings. The third kappa shape index (κ3) is 5.79. The zero-order valence-corrected chi connectivity index (χ0v) is 22.7. The van der Waals surface area contributed by atoms with Crippen molar-refractivity contribution in [3.05, 3.63) is 71.8 Å². The number of nitrogens with two attached hydrogens (primary N) is 1. The molecule has 0 bridgehead atoms. The number of aromatic nitrogens is 2. The summed E-state index contributed by atoms with van der Waals surface area (Å²) in [5, 5.41) is 15.8. The van der Waals surface area contributed by atoms with Gasteiger partial charge in [-0.2, -0.15) is 0 Å². The minimum atomic E-state index is -0.557. The van der Waals surface area contributed by atoms with E-state index in [0.717, 1.165) is 45.1 Å². The van der Waals surface area contributed by atoms with E-state index >= 15 is 0 Å². The normalized spacial score (nSPS) is 19.7. The largest absolute Gasteiger partial charge is 0.454 e. The van der Waals surface area contributed by atoms with E-state index in [1.807, 2.05) is 18.2 Å². The first kappa shape index (κ1) is 26.6. The molecule has 1 aromatic heterocycles. The number of anilines is 2. The van der Waals surface area contributed by atoms with Crippen LogP contribution in [0.4, 0.5) is 16.0 Å². The highest BCUT2D eigenvalue weighted by Crippen LogP contribution is 2.29. The van der Waals surface area contributed by atoms with Crippen LogP contribution in [0.5, 0.6) is 11.5 Å². The second-order valence-electron chi connectivity index (χ2n) is 11.0. The molecule has 5 N–H and O–H groups in total. The molecule has 0 aliphatic carbocycles. The Kier molecular flexibility index (Phi) is 7.90. The number of piperidine rings is 2. The monoisotopic (exact) mass is 544 g/mol. The molecule has 0 unspecified atom stereocenters. The van der Waals surface area contributed by atoms with Crippen LogP contribution in [0.2, 0.25) is 0 Å². The lowest BCUT2D eigenvalue weighted by Crippen LogP contribution is -2.60. The molecular formula is C30H37FN8O. The Balaban J connectivity index is 1.08. The minimum Gasteiger partial charge on any atom is -0.454 e. The maximum Gasteiger partial charge on any atom is 0.166 e. The van der Waals surface area contributed by atoms with Gasteiger partial charge in [0.1, 0.15) is 23.7 Å². The summed E-state index contributed by atoms with van der Waals surface area (Å²) in [4.78, 5) is 13.9. The van der Waals surface area contributed by atoms with E-state index < -0.39 is 5.82 Å². The Labute approximate surface area is 234 Å². The molecule has 3 aromatic rings. The van der Waals surface area contributed by atoms with Gasteiger partial charge < -0.3 is 26.0 Å². The van der Waals surface area contributed by atoms with Crippen LogP contribution in [0.3, 0.4) is 0 Å². The molecule has 9 nitrogen and oxygen atoms in total. The van der Waals surface area contributed by atoms with Crippen LogP contribution in [-0.4, -0.2) is 82.9 Å². The molecule has 0 amide bonds. The quantitative estimate of drug-likeness (QED) is 0.317. The average molecular weight is 545 g/mol. The van der Waals surface area contributed by atoms with Crippen LogP contribution in [0.25, 0.3) is 0 Å². The number of rotatable bonds is 8. The van der Waals surface area contributed by atoms with E-state index in [9.17, 15) is 4.39 Å². The van der Waals surface area contributed by atoms with Crippen molar-refractivity contribution >= 4 is 17.3 Å². The summed E-state index contributed by atoms with van der Waals surface area (Å²) in [6.45, 7) is 6.74. The molecule has 40 heavy (non-hydrogen) atoms. The molecule has 6 rings (SSSR count). The number of likely N-dealkylation sites (tertiary alicyclic amines) is 2. The van der Waals surface area contributed by atoms with E-state index in [-0.39, 0.29) is 23.3 Å². The SMILES string of the molecule is N=C(c1ccc(Oc2ccccc2)c(F)c1)c1c(N)ncnc1NC1CCN(C2CCN(C3CNC3)CC2)CC1. The fraction of sp³-hybridized carbons (Fsp3) is 0.433. The number of hydrogen-bond acceptors (Lipinski definition) is 9. The van der Waals surface area contributed by atoms with Crippen LogP contribution < -0.4 is 21.1 Å². The van der Waals surface area contributed by atoms with Crippen molar-refractivity contribution in [1.82, 2.24) is 25.1 Å². The Bertz CT molecular complexity index is 1320. The van der Waals surface area contributed by atoms with Gasteiger partial charge in [0.05, 0.1) is 11.3 Å². The van der Waals surface area contributed by atoms with Crippen molar-refractivity contribution in [2.75, 3.05) is 50.3 Å². The van der Waals surface area contributed by atoms with Crippen molar-refractivity contribution < 1.29 is 9.13 Å². The van der Waals surface area contributed by atoms with Crippen LogP contribution in [-0.2, 0) is 0 Å².